The van der Waals surface area contributed by atoms with Crippen LogP contribution in [-0.2, 0) is 18.8 Å². The summed E-state index contributed by atoms with van der Waals surface area (Å²) in [5, 5.41) is 0. The highest BCUT2D eigenvalue weighted by Crippen LogP contribution is 2.22. The second-order valence-electron chi connectivity index (χ2n) is 10.3. The molecule has 0 aromatic rings. The zero-order valence-corrected chi connectivity index (χ0v) is 23.3. The van der Waals surface area contributed by atoms with Gasteiger partial charge in [0.1, 0.15) is 11.7 Å². The predicted molar refractivity (Wildman–Crippen MR) is 139 cm³/mol. The quantitative estimate of drug-likeness (QED) is 0.0691. The van der Waals surface area contributed by atoms with Crippen molar-refractivity contribution in [2.45, 2.75) is 149 Å². The van der Waals surface area contributed by atoms with E-state index in [1.807, 2.05) is 0 Å². The van der Waals surface area contributed by atoms with E-state index in [0.29, 0.717) is 19.4 Å². The molecule has 1 unspecified atom stereocenters. The molecule has 0 radical (unpaired) electrons. The lowest BCUT2D eigenvalue weighted by Gasteiger charge is -2.27. The molecule has 0 heterocycles. The number of unbranched alkanes of at least 4 members (excludes halogenated alkanes) is 11. The highest BCUT2D eigenvalue weighted by Gasteiger charge is 2.31. The van der Waals surface area contributed by atoms with Gasteiger partial charge in [-0.05, 0) is 39.4 Å². The van der Waals surface area contributed by atoms with E-state index in [-0.39, 0.29) is 17.9 Å². The van der Waals surface area contributed by atoms with Crippen LogP contribution < -0.4 is 0 Å². The second kappa shape index (κ2) is 19.8. The van der Waals surface area contributed by atoms with Gasteiger partial charge in [-0.3, -0.25) is 9.59 Å². The molecule has 190 valence electrons. The van der Waals surface area contributed by atoms with Crippen LogP contribution in [-0.4, -0.2) is 32.8 Å². The van der Waals surface area contributed by atoms with Crippen LogP contribution in [0.25, 0.3) is 0 Å². The Balaban J connectivity index is 4.65. The molecule has 0 rings (SSSR count). The van der Waals surface area contributed by atoms with Crippen molar-refractivity contribution < 1.29 is 18.8 Å². The van der Waals surface area contributed by atoms with E-state index in [0.717, 1.165) is 38.5 Å². The van der Waals surface area contributed by atoms with Crippen molar-refractivity contribution in [1.82, 2.24) is 0 Å². The van der Waals surface area contributed by atoms with Gasteiger partial charge in [0.2, 0.25) is 0 Å². The van der Waals surface area contributed by atoms with Gasteiger partial charge in [-0.1, -0.05) is 97.3 Å². The lowest BCUT2D eigenvalue weighted by molar-refractivity contribution is -0.152. The number of Topliss-reactive ketones (excluding diaryl/α,β-unsaturated/α-hetero) is 1. The summed E-state index contributed by atoms with van der Waals surface area (Å²) in [5.74, 6) is -0.953. The minimum Gasteiger partial charge on any atom is -0.465 e. The molecule has 0 spiro atoms. The van der Waals surface area contributed by atoms with Crippen LogP contribution in [0.2, 0.25) is 19.6 Å². The maximum atomic E-state index is 13.1. The largest absolute Gasteiger partial charge is 0.465 e. The molecule has 0 aliphatic rings. The third-order valence-electron chi connectivity index (χ3n) is 5.88. The SMILES string of the molecule is CCCCCCCCCCC[C@H](CC(=O)C(CCCCCC)C(=O)OCC)O[Si](C)(C)C. The van der Waals surface area contributed by atoms with Gasteiger partial charge in [0, 0.05) is 6.42 Å². The Morgan fingerprint density at radius 1 is 0.688 bits per heavy atom. The van der Waals surface area contributed by atoms with Gasteiger partial charge in [0.25, 0.3) is 0 Å². The summed E-state index contributed by atoms with van der Waals surface area (Å²) in [7, 11) is -1.76. The van der Waals surface area contributed by atoms with E-state index in [4.69, 9.17) is 9.16 Å². The number of hydrogen-bond acceptors (Lipinski definition) is 4. The normalized spacial score (nSPS) is 13.7. The van der Waals surface area contributed by atoms with Gasteiger partial charge in [-0.15, -0.1) is 0 Å². The molecule has 0 aromatic heterocycles. The number of carbonyl (C=O) groups excluding carboxylic acids is 2. The first-order chi connectivity index (χ1) is 15.2. The monoisotopic (exact) mass is 470 g/mol. The van der Waals surface area contributed by atoms with E-state index in [2.05, 4.69) is 33.5 Å². The topological polar surface area (TPSA) is 52.6 Å². The summed E-state index contributed by atoms with van der Waals surface area (Å²) in [6, 6.07) is 0. The molecule has 0 N–H and O–H groups in total. The fourth-order valence-electron chi connectivity index (χ4n) is 4.18. The van der Waals surface area contributed by atoms with E-state index in [9.17, 15) is 9.59 Å². The smallest absolute Gasteiger partial charge is 0.316 e. The summed E-state index contributed by atoms with van der Waals surface area (Å²) in [5.41, 5.74) is 0. The Bertz CT molecular complexity index is 473. The van der Waals surface area contributed by atoms with Crippen molar-refractivity contribution in [3.8, 4) is 0 Å². The molecule has 0 aromatic carbocycles. The van der Waals surface area contributed by atoms with Crippen LogP contribution in [0.4, 0.5) is 0 Å². The maximum absolute atomic E-state index is 13.1. The van der Waals surface area contributed by atoms with E-state index >= 15 is 0 Å². The van der Waals surface area contributed by atoms with Gasteiger partial charge < -0.3 is 9.16 Å². The maximum Gasteiger partial charge on any atom is 0.316 e. The van der Waals surface area contributed by atoms with Gasteiger partial charge in [-0.25, -0.2) is 0 Å². The lowest BCUT2D eigenvalue weighted by Crippen LogP contribution is -2.36. The molecule has 32 heavy (non-hydrogen) atoms. The average molecular weight is 471 g/mol. The van der Waals surface area contributed by atoms with Crippen molar-refractivity contribution in [3.63, 3.8) is 0 Å². The predicted octanol–water partition coefficient (Wildman–Crippen LogP) is 8.24. The van der Waals surface area contributed by atoms with E-state index in [1.54, 1.807) is 6.92 Å². The molecular formula is C27H54O4Si. The molecule has 4 nitrogen and oxygen atoms in total. The van der Waals surface area contributed by atoms with Gasteiger partial charge in [0.05, 0.1) is 12.7 Å². The van der Waals surface area contributed by atoms with Crippen molar-refractivity contribution in [2.75, 3.05) is 6.61 Å². The standard InChI is InChI=1S/C27H54O4Si/c1-7-10-12-14-15-16-17-18-19-21-24(31-32(4,5)6)23-26(28)25(27(29)30-9-3)22-20-13-11-8-2/h24-25H,7-23H2,1-6H3/t24-,25?/m1/s1. The Morgan fingerprint density at radius 3 is 1.66 bits per heavy atom. The van der Waals surface area contributed by atoms with Gasteiger partial charge in [0.15, 0.2) is 8.32 Å². The third-order valence-corrected chi connectivity index (χ3v) is 6.93. The number of carbonyl (C=O) groups is 2. The molecule has 2 atom stereocenters. The number of rotatable bonds is 22. The molecule has 0 fully saturated rings. The van der Waals surface area contributed by atoms with Crippen molar-refractivity contribution in [1.29, 1.82) is 0 Å². The summed E-state index contributed by atoms with van der Waals surface area (Å²) >= 11 is 0. The first kappa shape index (κ1) is 31.3. The summed E-state index contributed by atoms with van der Waals surface area (Å²) in [4.78, 5) is 25.6. The van der Waals surface area contributed by atoms with Crippen molar-refractivity contribution in [2.24, 2.45) is 5.92 Å². The lowest BCUT2D eigenvalue weighted by atomic mass is 9.92. The van der Waals surface area contributed by atoms with Crippen molar-refractivity contribution >= 4 is 20.1 Å². The fourth-order valence-corrected chi connectivity index (χ4v) is 5.38. The third kappa shape index (κ3) is 17.8. The highest BCUT2D eigenvalue weighted by molar-refractivity contribution is 6.69. The van der Waals surface area contributed by atoms with Crippen LogP contribution in [0.5, 0.6) is 0 Å². The Hall–Kier alpha value is -0.683. The number of hydrogen-bond donors (Lipinski definition) is 0. The molecular weight excluding hydrogens is 416 g/mol. The minimum atomic E-state index is -1.76. The molecule has 0 amide bonds. The van der Waals surface area contributed by atoms with Crippen LogP contribution >= 0.6 is 0 Å². The molecule has 0 aliphatic heterocycles. The zero-order valence-electron chi connectivity index (χ0n) is 22.3. The molecule has 0 saturated carbocycles. The number of ether oxygens (including phenoxy) is 1. The first-order valence-electron chi connectivity index (χ1n) is 13.6. The molecule has 5 heteroatoms. The van der Waals surface area contributed by atoms with Gasteiger partial charge in [-0.2, -0.15) is 0 Å². The number of esters is 1. The van der Waals surface area contributed by atoms with Crippen molar-refractivity contribution in [3.05, 3.63) is 0 Å². The summed E-state index contributed by atoms with van der Waals surface area (Å²) < 4.78 is 11.6. The van der Waals surface area contributed by atoms with E-state index in [1.165, 1.54) is 51.4 Å². The zero-order chi connectivity index (χ0) is 24.2. The van der Waals surface area contributed by atoms with Crippen LogP contribution in [0.1, 0.15) is 124 Å². The van der Waals surface area contributed by atoms with E-state index < -0.39 is 14.2 Å². The number of ketones is 1. The summed E-state index contributed by atoms with van der Waals surface area (Å²) in [6.07, 6.45) is 17.6. The minimum absolute atomic E-state index is 0.0131. The van der Waals surface area contributed by atoms with Crippen LogP contribution in [0, 0.1) is 5.92 Å². The molecule has 0 saturated heterocycles. The first-order valence-corrected chi connectivity index (χ1v) is 17.0. The van der Waals surface area contributed by atoms with Crippen LogP contribution in [0.15, 0.2) is 0 Å². The summed E-state index contributed by atoms with van der Waals surface area (Å²) in [6.45, 7) is 13.1. The Morgan fingerprint density at radius 2 is 1.16 bits per heavy atom. The molecule has 0 bridgehead atoms. The highest BCUT2D eigenvalue weighted by atomic mass is 28.4. The second-order valence-corrected chi connectivity index (χ2v) is 14.8. The Kier molecular flexibility index (Phi) is 19.3. The average Bonchev–Trinajstić information content (AvgIpc) is 2.71. The Labute approximate surface area is 200 Å². The molecule has 0 aliphatic carbocycles. The fraction of sp³-hybridized carbons (Fsp3) is 0.926. The van der Waals surface area contributed by atoms with Gasteiger partial charge >= 0.3 is 5.97 Å². The van der Waals surface area contributed by atoms with Crippen LogP contribution in [0.3, 0.4) is 0 Å².